The number of hydrogen-bond donors (Lipinski definition) is 2. The van der Waals surface area contributed by atoms with Gasteiger partial charge in [-0.2, -0.15) is 4.98 Å². The molecule has 1 aromatic heterocycles. The highest BCUT2D eigenvalue weighted by Crippen LogP contribution is 2.38. The van der Waals surface area contributed by atoms with Crippen molar-refractivity contribution >= 4 is 0 Å². The summed E-state index contributed by atoms with van der Waals surface area (Å²) in [5, 5.41) is 16.8. The summed E-state index contributed by atoms with van der Waals surface area (Å²) in [6.07, 6.45) is 5.28. The summed E-state index contributed by atoms with van der Waals surface area (Å²) in [7, 11) is 0. The van der Waals surface area contributed by atoms with Crippen LogP contribution in [0.3, 0.4) is 0 Å². The lowest BCUT2D eigenvalue weighted by Crippen LogP contribution is -2.15. The minimum Gasteiger partial charge on any atom is -0.392 e. The molecule has 1 aromatic rings. The summed E-state index contributed by atoms with van der Waals surface area (Å²) >= 11 is 0. The molecular formula is C13H21N3O2. The third-order valence-corrected chi connectivity index (χ3v) is 4.35. The molecule has 2 unspecified atom stereocenters. The van der Waals surface area contributed by atoms with Gasteiger partial charge in [-0.15, -0.1) is 0 Å². The summed E-state index contributed by atoms with van der Waals surface area (Å²) in [6.45, 7) is 2.86. The van der Waals surface area contributed by atoms with Gasteiger partial charge in [0, 0.05) is 12.5 Å². The van der Waals surface area contributed by atoms with Crippen LogP contribution in [0.25, 0.3) is 0 Å². The molecule has 5 nitrogen and oxygen atoms in total. The van der Waals surface area contributed by atoms with Gasteiger partial charge in [-0.1, -0.05) is 18.5 Å². The zero-order valence-corrected chi connectivity index (χ0v) is 10.8. The predicted molar refractivity (Wildman–Crippen MR) is 66.0 cm³/mol. The third-order valence-electron chi connectivity index (χ3n) is 4.35. The van der Waals surface area contributed by atoms with Crippen molar-refractivity contribution in [1.82, 2.24) is 15.5 Å². The lowest BCUT2D eigenvalue weighted by Gasteiger charge is -2.05. The van der Waals surface area contributed by atoms with Crippen LogP contribution in [0.4, 0.5) is 0 Å². The fourth-order valence-electron chi connectivity index (χ4n) is 3.14. The molecule has 1 aliphatic carbocycles. The largest absolute Gasteiger partial charge is 0.392 e. The minimum atomic E-state index is -0.290. The highest BCUT2D eigenvalue weighted by atomic mass is 16.5. The van der Waals surface area contributed by atoms with E-state index in [0.29, 0.717) is 24.8 Å². The Morgan fingerprint density at radius 2 is 2.28 bits per heavy atom. The fourth-order valence-corrected chi connectivity index (χ4v) is 3.14. The molecule has 0 aromatic carbocycles. The van der Waals surface area contributed by atoms with Crippen molar-refractivity contribution in [3.8, 4) is 0 Å². The van der Waals surface area contributed by atoms with Crippen molar-refractivity contribution in [2.45, 2.75) is 57.1 Å². The first-order valence-electron chi connectivity index (χ1n) is 7.01. The molecule has 0 spiro atoms. The maximum Gasteiger partial charge on any atom is 0.243 e. The second-order valence-corrected chi connectivity index (χ2v) is 5.63. The number of nitrogens with zero attached hydrogens (tertiary/aromatic N) is 2. The number of aliphatic hydroxyl groups excluding tert-OH is 1. The Bertz CT molecular complexity index is 407. The van der Waals surface area contributed by atoms with Crippen molar-refractivity contribution in [3.05, 3.63) is 11.7 Å². The molecule has 1 saturated carbocycles. The average molecular weight is 251 g/mol. The van der Waals surface area contributed by atoms with Gasteiger partial charge in [0.15, 0.2) is 5.82 Å². The number of β-amino-alcohol motifs (C(OH)–C–C–N with tert-alkyl or cyclic N) is 1. The van der Waals surface area contributed by atoms with Crippen LogP contribution in [0.5, 0.6) is 0 Å². The summed E-state index contributed by atoms with van der Waals surface area (Å²) in [4.78, 5) is 4.53. The van der Waals surface area contributed by atoms with E-state index >= 15 is 0 Å². The van der Waals surface area contributed by atoms with Gasteiger partial charge in [0.2, 0.25) is 5.89 Å². The van der Waals surface area contributed by atoms with E-state index in [4.69, 9.17) is 4.52 Å². The quantitative estimate of drug-likeness (QED) is 0.856. The Morgan fingerprint density at radius 3 is 2.94 bits per heavy atom. The first kappa shape index (κ1) is 12.1. The standard InChI is InChI=1S/C13H21N3O2/c1-2-8-3-4-9(5-8)12-15-13(18-16-12)11-6-10(17)7-14-11/h8-11,14,17H,2-7H2,1H3/t8?,9?,10-,11-/m1/s1. The molecule has 2 N–H and O–H groups in total. The molecule has 5 heteroatoms. The second-order valence-electron chi connectivity index (χ2n) is 5.63. The number of aliphatic hydroxyl groups is 1. The molecule has 3 rings (SSSR count). The lowest BCUT2D eigenvalue weighted by atomic mass is 10.0. The van der Waals surface area contributed by atoms with Crippen LogP contribution < -0.4 is 5.32 Å². The van der Waals surface area contributed by atoms with Crippen LogP contribution in [-0.2, 0) is 0 Å². The zero-order valence-electron chi connectivity index (χ0n) is 10.8. The van der Waals surface area contributed by atoms with Crippen LogP contribution in [-0.4, -0.2) is 27.9 Å². The van der Waals surface area contributed by atoms with E-state index in [0.717, 1.165) is 11.7 Å². The summed E-state index contributed by atoms with van der Waals surface area (Å²) in [5.41, 5.74) is 0. The molecule has 4 atom stereocenters. The third kappa shape index (κ3) is 2.29. The van der Waals surface area contributed by atoms with Crippen molar-refractivity contribution in [2.24, 2.45) is 5.92 Å². The van der Waals surface area contributed by atoms with E-state index in [9.17, 15) is 5.11 Å². The van der Waals surface area contributed by atoms with E-state index in [1.165, 1.54) is 25.7 Å². The Labute approximate surface area is 107 Å². The van der Waals surface area contributed by atoms with Crippen LogP contribution in [0.1, 0.15) is 62.7 Å². The summed E-state index contributed by atoms with van der Waals surface area (Å²) in [5.74, 6) is 2.80. The number of hydrogen-bond acceptors (Lipinski definition) is 5. The number of aromatic nitrogens is 2. The second kappa shape index (κ2) is 4.97. The number of rotatable bonds is 3. The molecule has 1 aliphatic heterocycles. The highest BCUT2D eigenvalue weighted by molar-refractivity contribution is 5.03. The molecule has 2 aliphatic rings. The van der Waals surface area contributed by atoms with Gasteiger partial charge < -0.3 is 14.9 Å². The Morgan fingerprint density at radius 1 is 1.39 bits per heavy atom. The fraction of sp³-hybridized carbons (Fsp3) is 0.846. The van der Waals surface area contributed by atoms with Gasteiger partial charge in [-0.05, 0) is 31.6 Å². The van der Waals surface area contributed by atoms with Crippen LogP contribution >= 0.6 is 0 Å². The SMILES string of the molecule is CCC1CCC(c2noc([C@H]3C[C@@H](O)CN3)n2)C1. The van der Waals surface area contributed by atoms with Gasteiger partial charge in [0.1, 0.15) is 0 Å². The van der Waals surface area contributed by atoms with E-state index in [-0.39, 0.29) is 12.1 Å². The summed E-state index contributed by atoms with van der Waals surface area (Å²) in [6, 6.07) is 0.0321. The van der Waals surface area contributed by atoms with Gasteiger partial charge in [-0.3, -0.25) is 0 Å². The molecule has 18 heavy (non-hydrogen) atoms. The first-order chi connectivity index (χ1) is 8.76. The smallest absolute Gasteiger partial charge is 0.243 e. The van der Waals surface area contributed by atoms with Crippen LogP contribution in [0, 0.1) is 5.92 Å². The van der Waals surface area contributed by atoms with Crippen LogP contribution in [0.15, 0.2) is 4.52 Å². The number of nitrogens with one attached hydrogen (secondary N) is 1. The van der Waals surface area contributed by atoms with Gasteiger partial charge in [-0.25, -0.2) is 0 Å². The molecule has 0 amide bonds. The minimum absolute atomic E-state index is 0.0321. The van der Waals surface area contributed by atoms with Crippen molar-refractivity contribution < 1.29 is 9.63 Å². The lowest BCUT2D eigenvalue weighted by molar-refractivity contribution is 0.191. The highest BCUT2D eigenvalue weighted by Gasteiger charge is 2.31. The molecule has 1 saturated heterocycles. The zero-order chi connectivity index (χ0) is 12.5. The maximum atomic E-state index is 9.49. The van der Waals surface area contributed by atoms with Crippen molar-refractivity contribution in [2.75, 3.05) is 6.54 Å². The van der Waals surface area contributed by atoms with E-state index in [2.05, 4.69) is 22.4 Å². The predicted octanol–water partition coefficient (Wildman–Crippen LogP) is 1.76. The maximum absolute atomic E-state index is 9.49. The molecule has 0 radical (unpaired) electrons. The van der Waals surface area contributed by atoms with Gasteiger partial charge in [0.05, 0.1) is 12.1 Å². The van der Waals surface area contributed by atoms with E-state index in [1.54, 1.807) is 0 Å². The Balaban J connectivity index is 1.66. The molecular weight excluding hydrogens is 230 g/mol. The molecule has 2 heterocycles. The van der Waals surface area contributed by atoms with Gasteiger partial charge >= 0.3 is 0 Å². The van der Waals surface area contributed by atoms with Crippen molar-refractivity contribution in [3.63, 3.8) is 0 Å². The summed E-state index contributed by atoms with van der Waals surface area (Å²) < 4.78 is 5.34. The van der Waals surface area contributed by atoms with E-state index < -0.39 is 0 Å². The molecule has 0 bridgehead atoms. The monoisotopic (exact) mass is 251 g/mol. The topological polar surface area (TPSA) is 71.2 Å². The van der Waals surface area contributed by atoms with Gasteiger partial charge in [0.25, 0.3) is 0 Å². The van der Waals surface area contributed by atoms with Crippen LogP contribution in [0.2, 0.25) is 0 Å². The van der Waals surface area contributed by atoms with Crippen molar-refractivity contribution in [1.29, 1.82) is 0 Å². The molecule has 100 valence electrons. The first-order valence-corrected chi connectivity index (χ1v) is 7.01. The molecule has 2 fully saturated rings. The average Bonchev–Trinajstić information content (AvgIpc) is 3.07. The Kier molecular flexibility index (Phi) is 3.35. The normalized spacial score (nSPS) is 36.3. The Hall–Kier alpha value is -0.940. The van der Waals surface area contributed by atoms with E-state index in [1.807, 2.05) is 0 Å².